The largest absolute Gasteiger partial charge is 0.450 e. The standard InChI is InChI=1S/C27H37ClN2O5S/c1-5-29-26-19(3)9-10-20(8-7-17-35-36(4,32)33)24-18-22(28)11-12-23(24)25(26)21-13-15-30(16-14-21)27(31)34-6-2/h5,10-12,18,21,25-26,29H,1,3,6-9,13-17H2,2,4H3/b20-10-. The van der Waals surface area contributed by atoms with Crippen LogP contribution in [0.25, 0.3) is 5.57 Å². The fourth-order valence-corrected chi connectivity index (χ4v) is 5.85. The summed E-state index contributed by atoms with van der Waals surface area (Å²) in [6.07, 6.45) is 8.27. The van der Waals surface area contributed by atoms with Crippen LogP contribution in [0.3, 0.4) is 0 Å². The number of nitrogens with zero attached hydrogens (tertiary/aromatic N) is 1. The molecule has 1 saturated heterocycles. The molecule has 3 rings (SSSR count). The quantitative estimate of drug-likeness (QED) is 0.255. The summed E-state index contributed by atoms with van der Waals surface area (Å²) in [5, 5.41) is 4.10. The van der Waals surface area contributed by atoms with E-state index >= 15 is 0 Å². The van der Waals surface area contributed by atoms with Crippen LogP contribution in [-0.2, 0) is 19.0 Å². The third-order valence-electron chi connectivity index (χ3n) is 6.89. The second-order valence-electron chi connectivity index (χ2n) is 9.35. The van der Waals surface area contributed by atoms with Gasteiger partial charge in [-0.2, -0.15) is 8.42 Å². The first-order valence-corrected chi connectivity index (χ1v) is 14.6. The molecule has 2 unspecified atom stereocenters. The molecule has 36 heavy (non-hydrogen) atoms. The van der Waals surface area contributed by atoms with Gasteiger partial charge < -0.3 is 15.0 Å². The minimum Gasteiger partial charge on any atom is -0.450 e. The molecule has 0 aromatic heterocycles. The summed E-state index contributed by atoms with van der Waals surface area (Å²) in [6, 6.07) is 5.99. The zero-order valence-corrected chi connectivity index (χ0v) is 22.7. The lowest BCUT2D eigenvalue weighted by atomic mass is 9.70. The van der Waals surface area contributed by atoms with Crippen molar-refractivity contribution in [3.8, 4) is 0 Å². The number of allylic oxidation sites excluding steroid dienone is 2. The average molecular weight is 537 g/mol. The highest BCUT2D eigenvalue weighted by Crippen LogP contribution is 2.44. The molecule has 0 saturated carbocycles. The van der Waals surface area contributed by atoms with Crippen LogP contribution in [0.2, 0.25) is 5.02 Å². The Balaban J connectivity index is 1.93. The normalized spacial score (nSPS) is 22.6. The van der Waals surface area contributed by atoms with Crippen molar-refractivity contribution < 1.29 is 22.1 Å². The van der Waals surface area contributed by atoms with E-state index in [9.17, 15) is 13.2 Å². The number of hydrogen-bond acceptors (Lipinski definition) is 6. The maximum Gasteiger partial charge on any atom is 0.409 e. The Morgan fingerprint density at radius 1 is 1.31 bits per heavy atom. The van der Waals surface area contributed by atoms with E-state index in [1.807, 2.05) is 19.1 Å². The molecule has 7 nitrogen and oxygen atoms in total. The van der Waals surface area contributed by atoms with Gasteiger partial charge >= 0.3 is 6.09 Å². The van der Waals surface area contributed by atoms with E-state index in [0.29, 0.717) is 49.9 Å². The first-order valence-electron chi connectivity index (χ1n) is 12.4. The van der Waals surface area contributed by atoms with Crippen LogP contribution in [0, 0.1) is 5.92 Å². The highest BCUT2D eigenvalue weighted by atomic mass is 35.5. The molecule has 1 fully saturated rings. The van der Waals surface area contributed by atoms with Gasteiger partial charge in [-0.3, -0.25) is 4.18 Å². The third-order valence-corrected chi connectivity index (χ3v) is 7.72. The second kappa shape index (κ2) is 12.8. The summed E-state index contributed by atoms with van der Waals surface area (Å²) in [7, 11) is -3.48. The Labute approximate surface area is 220 Å². The van der Waals surface area contributed by atoms with Gasteiger partial charge in [0.15, 0.2) is 0 Å². The Kier molecular flexibility index (Phi) is 10.0. The number of fused-ring (bicyclic) bond motifs is 1. The highest BCUT2D eigenvalue weighted by molar-refractivity contribution is 7.85. The van der Waals surface area contributed by atoms with Gasteiger partial charge in [-0.15, -0.1) is 0 Å². The van der Waals surface area contributed by atoms with E-state index in [2.05, 4.69) is 30.6 Å². The number of likely N-dealkylation sites (tertiary alicyclic amines) is 1. The minimum atomic E-state index is -3.48. The molecule has 1 aromatic rings. The number of piperidine rings is 1. The molecule has 198 valence electrons. The molecule has 1 aliphatic carbocycles. The molecule has 0 radical (unpaired) electrons. The molecular formula is C27H37ClN2O5S. The number of amides is 1. The van der Waals surface area contributed by atoms with Crippen LogP contribution in [0.5, 0.6) is 0 Å². The Hall–Kier alpha value is -2.29. The van der Waals surface area contributed by atoms with Crippen LogP contribution < -0.4 is 5.32 Å². The third kappa shape index (κ3) is 7.37. The highest BCUT2D eigenvalue weighted by Gasteiger charge is 2.37. The molecule has 9 heteroatoms. The zero-order valence-electron chi connectivity index (χ0n) is 21.2. The number of hydrogen-bond donors (Lipinski definition) is 1. The Morgan fingerprint density at radius 2 is 2.03 bits per heavy atom. The van der Waals surface area contributed by atoms with E-state index in [1.54, 1.807) is 11.1 Å². The summed E-state index contributed by atoms with van der Waals surface area (Å²) in [4.78, 5) is 14.0. The summed E-state index contributed by atoms with van der Waals surface area (Å²) < 4.78 is 32.9. The van der Waals surface area contributed by atoms with Crippen molar-refractivity contribution >= 4 is 33.4 Å². The van der Waals surface area contributed by atoms with Gasteiger partial charge in [0.25, 0.3) is 10.1 Å². The van der Waals surface area contributed by atoms with Gasteiger partial charge in [0.1, 0.15) is 0 Å². The van der Waals surface area contributed by atoms with E-state index in [0.717, 1.165) is 35.8 Å². The topological polar surface area (TPSA) is 84.9 Å². The number of rotatable bonds is 9. The number of halogens is 1. The van der Waals surface area contributed by atoms with Crippen LogP contribution in [-0.4, -0.2) is 58.0 Å². The number of nitrogens with one attached hydrogen (secondary N) is 1. The van der Waals surface area contributed by atoms with Crippen molar-refractivity contribution in [3.63, 3.8) is 0 Å². The molecule has 1 aromatic carbocycles. The molecule has 2 aliphatic rings. The molecule has 1 aliphatic heterocycles. The first-order chi connectivity index (χ1) is 17.1. The Morgan fingerprint density at radius 3 is 2.67 bits per heavy atom. The fourth-order valence-electron chi connectivity index (χ4n) is 5.26. The van der Waals surface area contributed by atoms with Crippen molar-refractivity contribution in [1.82, 2.24) is 10.2 Å². The van der Waals surface area contributed by atoms with Crippen LogP contribution in [0.15, 0.2) is 49.2 Å². The smallest absolute Gasteiger partial charge is 0.409 e. The molecule has 0 bridgehead atoms. The summed E-state index contributed by atoms with van der Waals surface area (Å²) >= 11 is 6.46. The van der Waals surface area contributed by atoms with Gasteiger partial charge in [-0.05, 0) is 80.0 Å². The molecular weight excluding hydrogens is 500 g/mol. The van der Waals surface area contributed by atoms with Gasteiger partial charge in [0.05, 0.1) is 25.5 Å². The van der Waals surface area contributed by atoms with Crippen molar-refractivity contribution in [2.45, 2.75) is 51.0 Å². The number of carbonyl (C=O) groups is 1. The lowest BCUT2D eigenvalue weighted by Gasteiger charge is -2.41. The Bertz CT molecular complexity index is 1090. The summed E-state index contributed by atoms with van der Waals surface area (Å²) in [6.45, 7) is 11.9. The molecule has 1 N–H and O–H groups in total. The molecule has 1 heterocycles. The van der Waals surface area contributed by atoms with Gasteiger partial charge in [0, 0.05) is 24.0 Å². The van der Waals surface area contributed by atoms with Crippen molar-refractivity contribution in [1.29, 1.82) is 0 Å². The predicted molar refractivity (Wildman–Crippen MR) is 144 cm³/mol. The van der Waals surface area contributed by atoms with Crippen molar-refractivity contribution in [2.75, 3.05) is 32.6 Å². The monoisotopic (exact) mass is 536 g/mol. The predicted octanol–water partition coefficient (Wildman–Crippen LogP) is 5.49. The number of carbonyl (C=O) groups excluding carboxylic acids is 1. The fraction of sp³-hybridized carbons (Fsp3) is 0.519. The van der Waals surface area contributed by atoms with E-state index in [4.69, 9.17) is 20.5 Å². The van der Waals surface area contributed by atoms with Gasteiger partial charge in [-0.1, -0.05) is 42.5 Å². The minimum absolute atomic E-state index is 0.0204. The lowest BCUT2D eigenvalue weighted by molar-refractivity contribution is 0.0875. The number of benzene rings is 1. The maximum atomic E-state index is 12.3. The number of ether oxygens (including phenoxy) is 1. The summed E-state index contributed by atoms with van der Waals surface area (Å²) in [5.74, 6) is 0.404. The van der Waals surface area contributed by atoms with Crippen LogP contribution in [0.1, 0.15) is 56.1 Å². The van der Waals surface area contributed by atoms with Crippen molar-refractivity contribution in [2.24, 2.45) is 5.92 Å². The maximum absolute atomic E-state index is 12.3. The van der Waals surface area contributed by atoms with Crippen LogP contribution in [0.4, 0.5) is 4.79 Å². The summed E-state index contributed by atoms with van der Waals surface area (Å²) in [5.41, 5.74) is 4.41. The zero-order chi connectivity index (χ0) is 26.3. The molecule has 2 atom stereocenters. The van der Waals surface area contributed by atoms with Gasteiger partial charge in [-0.25, -0.2) is 4.79 Å². The molecule has 0 spiro atoms. The van der Waals surface area contributed by atoms with E-state index in [1.165, 1.54) is 5.56 Å². The molecule has 1 amide bonds. The average Bonchev–Trinajstić information content (AvgIpc) is 2.83. The SMILES string of the molecule is C=CNC1C(=C)C/C=C(/CCCOS(C)(=O)=O)c2cc(Cl)ccc2C1C1CCN(C(=O)OCC)CC1. The van der Waals surface area contributed by atoms with Crippen molar-refractivity contribution in [3.05, 3.63) is 65.4 Å². The van der Waals surface area contributed by atoms with E-state index < -0.39 is 10.1 Å². The van der Waals surface area contributed by atoms with Crippen LogP contribution >= 0.6 is 11.6 Å². The van der Waals surface area contributed by atoms with E-state index in [-0.39, 0.29) is 24.7 Å². The van der Waals surface area contributed by atoms with Gasteiger partial charge in [0.2, 0.25) is 0 Å². The first kappa shape index (κ1) is 28.3. The lowest BCUT2D eigenvalue weighted by Crippen LogP contribution is -2.44. The second-order valence-corrected chi connectivity index (χ2v) is 11.4.